The van der Waals surface area contributed by atoms with Crippen molar-refractivity contribution < 1.29 is 14.6 Å². The number of aryl methyl sites for hydroxylation is 1. The van der Waals surface area contributed by atoms with Gasteiger partial charge in [0.25, 0.3) is 0 Å². The van der Waals surface area contributed by atoms with E-state index in [0.29, 0.717) is 6.42 Å². The van der Waals surface area contributed by atoms with Gasteiger partial charge in [0.1, 0.15) is 5.75 Å². The van der Waals surface area contributed by atoms with Crippen molar-refractivity contribution in [2.24, 2.45) is 5.92 Å². The Bertz CT molecular complexity index is 404. The van der Waals surface area contributed by atoms with E-state index in [0.717, 1.165) is 11.1 Å². The number of phenols is 1. The van der Waals surface area contributed by atoms with E-state index in [1.54, 1.807) is 6.07 Å². The molecule has 1 unspecified atom stereocenters. The largest absolute Gasteiger partial charge is 0.508 e. The maximum absolute atomic E-state index is 11.2. The van der Waals surface area contributed by atoms with Crippen LogP contribution in [0.2, 0.25) is 0 Å². The summed E-state index contributed by atoms with van der Waals surface area (Å²) in [5.74, 6) is -0.142. The lowest BCUT2D eigenvalue weighted by molar-refractivity contribution is -0.144. The summed E-state index contributed by atoms with van der Waals surface area (Å²) in [4.78, 5) is 11.2. The van der Waals surface area contributed by atoms with Crippen molar-refractivity contribution in [2.45, 2.75) is 46.0 Å². The van der Waals surface area contributed by atoms with Crippen molar-refractivity contribution in [3.05, 3.63) is 29.3 Å². The molecule has 2 rings (SSSR count). The summed E-state index contributed by atoms with van der Waals surface area (Å²) >= 11 is 0. The Labute approximate surface area is 115 Å². The molecule has 106 valence electrons. The first-order chi connectivity index (χ1) is 9.04. The topological polar surface area (TPSA) is 46.5 Å². The number of aromatic hydroxyl groups is 1. The molecular weight excluding hydrogens is 240 g/mol. The van der Waals surface area contributed by atoms with Crippen LogP contribution in [0, 0.1) is 12.8 Å². The number of phenolic OH excluding ortho intramolecular Hbond substituents is 1. The molecule has 1 aliphatic rings. The third kappa shape index (κ3) is 5.33. The first kappa shape index (κ1) is 15.5. The van der Waals surface area contributed by atoms with Crippen molar-refractivity contribution in [1.82, 2.24) is 0 Å². The van der Waals surface area contributed by atoms with Crippen LogP contribution in [0.15, 0.2) is 18.2 Å². The number of hydrogen-bond acceptors (Lipinski definition) is 3. The summed E-state index contributed by atoms with van der Waals surface area (Å²) in [5.41, 5.74) is 1.78. The average Bonchev–Trinajstić information content (AvgIpc) is 2.30. The molecule has 0 saturated heterocycles. The fourth-order valence-electron chi connectivity index (χ4n) is 1.67. The zero-order valence-electron chi connectivity index (χ0n) is 12.1. The number of esters is 1. The van der Waals surface area contributed by atoms with E-state index in [2.05, 4.69) is 4.74 Å². The molecular formula is C16H24O3. The van der Waals surface area contributed by atoms with Gasteiger partial charge in [-0.2, -0.15) is 0 Å². The maximum Gasteiger partial charge on any atom is 0.308 e. The van der Waals surface area contributed by atoms with Crippen molar-refractivity contribution >= 4 is 5.97 Å². The molecule has 0 amide bonds. The van der Waals surface area contributed by atoms with Gasteiger partial charge < -0.3 is 9.84 Å². The molecule has 1 fully saturated rings. The number of carbonyl (C=O) groups excluding carboxylic acids is 1. The third-order valence-corrected chi connectivity index (χ3v) is 3.42. The first-order valence-electron chi connectivity index (χ1n) is 6.91. The van der Waals surface area contributed by atoms with Gasteiger partial charge in [0.05, 0.1) is 13.0 Å². The minimum atomic E-state index is -0.227. The summed E-state index contributed by atoms with van der Waals surface area (Å²) in [5, 5.41) is 9.49. The molecule has 1 aliphatic carbocycles. The second-order valence-electron chi connectivity index (χ2n) is 5.16. The lowest BCUT2D eigenvalue weighted by Crippen LogP contribution is -2.15. The van der Waals surface area contributed by atoms with E-state index >= 15 is 0 Å². The van der Waals surface area contributed by atoms with E-state index in [4.69, 9.17) is 0 Å². The van der Waals surface area contributed by atoms with Crippen LogP contribution < -0.4 is 0 Å². The van der Waals surface area contributed by atoms with Crippen LogP contribution in [0.1, 0.15) is 43.7 Å². The molecule has 3 nitrogen and oxygen atoms in total. The van der Waals surface area contributed by atoms with Gasteiger partial charge in [-0.1, -0.05) is 44.7 Å². The van der Waals surface area contributed by atoms with Crippen LogP contribution in [-0.4, -0.2) is 18.2 Å². The highest BCUT2D eigenvalue weighted by Gasteiger charge is 2.13. The highest BCUT2D eigenvalue weighted by molar-refractivity contribution is 5.72. The van der Waals surface area contributed by atoms with Gasteiger partial charge in [-0.3, -0.25) is 4.79 Å². The number of hydrogen-bond donors (Lipinski definition) is 1. The van der Waals surface area contributed by atoms with Gasteiger partial charge in [0.2, 0.25) is 0 Å². The molecule has 1 atom stereocenters. The predicted octanol–water partition coefficient (Wildman–Crippen LogP) is 3.61. The number of ether oxygens (including phenoxy) is 1. The van der Waals surface area contributed by atoms with Gasteiger partial charge >= 0.3 is 5.97 Å². The van der Waals surface area contributed by atoms with E-state index in [9.17, 15) is 9.90 Å². The van der Waals surface area contributed by atoms with Crippen LogP contribution in [0.25, 0.3) is 0 Å². The minimum Gasteiger partial charge on any atom is -0.508 e. The molecule has 19 heavy (non-hydrogen) atoms. The summed E-state index contributed by atoms with van der Waals surface area (Å²) in [7, 11) is 1.38. The SMILES string of the molecule is C1CCC1.COC(=O)C(C)Cc1ccc(C)c(O)c1. The second kappa shape index (κ2) is 7.82. The molecule has 0 aliphatic heterocycles. The normalized spacial score (nSPS) is 14.7. The lowest BCUT2D eigenvalue weighted by atomic mass is 10.00. The predicted molar refractivity (Wildman–Crippen MR) is 76.2 cm³/mol. The molecule has 1 saturated carbocycles. The molecule has 1 aromatic rings. The van der Waals surface area contributed by atoms with Gasteiger partial charge in [0, 0.05) is 0 Å². The highest BCUT2D eigenvalue weighted by Crippen LogP contribution is 2.19. The number of carbonyl (C=O) groups is 1. The van der Waals surface area contributed by atoms with Crippen molar-refractivity contribution in [2.75, 3.05) is 7.11 Å². The van der Waals surface area contributed by atoms with E-state index in [-0.39, 0.29) is 17.6 Å². The maximum atomic E-state index is 11.2. The smallest absolute Gasteiger partial charge is 0.308 e. The van der Waals surface area contributed by atoms with Gasteiger partial charge in [-0.25, -0.2) is 0 Å². The van der Waals surface area contributed by atoms with Gasteiger partial charge in [-0.05, 0) is 30.5 Å². The molecule has 0 bridgehead atoms. The fraction of sp³-hybridized carbons (Fsp3) is 0.562. The minimum absolute atomic E-state index is 0.183. The number of rotatable bonds is 3. The Balaban J connectivity index is 0.000000382. The average molecular weight is 264 g/mol. The number of benzene rings is 1. The third-order valence-electron chi connectivity index (χ3n) is 3.42. The molecule has 0 radical (unpaired) electrons. The Kier molecular flexibility index (Phi) is 6.40. The Hall–Kier alpha value is -1.51. The summed E-state index contributed by atoms with van der Waals surface area (Å²) in [6.45, 7) is 3.64. The Morgan fingerprint density at radius 1 is 1.32 bits per heavy atom. The van der Waals surface area contributed by atoms with Crippen LogP contribution in [0.5, 0.6) is 5.75 Å². The van der Waals surface area contributed by atoms with E-state index < -0.39 is 0 Å². The van der Waals surface area contributed by atoms with Gasteiger partial charge in [-0.15, -0.1) is 0 Å². The van der Waals surface area contributed by atoms with Crippen LogP contribution >= 0.6 is 0 Å². The monoisotopic (exact) mass is 264 g/mol. The standard InChI is InChI=1S/C12H16O3.C4H8/c1-8-4-5-10(7-11(8)13)6-9(2)12(14)15-3;1-2-4-3-1/h4-5,7,9,13H,6H2,1-3H3;1-4H2. The molecule has 0 spiro atoms. The fourth-order valence-corrected chi connectivity index (χ4v) is 1.67. The number of methoxy groups -OCH3 is 1. The first-order valence-corrected chi connectivity index (χ1v) is 6.91. The Morgan fingerprint density at radius 2 is 1.89 bits per heavy atom. The van der Waals surface area contributed by atoms with Crippen LogP contribution in [0.4, 0.5) is 0 Å². The lowest BCUT2D eigenvalue weighted by Gasteiger charge is -2.09. The van der Waals surface area contributed by atoms with E-state index in [1.807, 2.05) is 26.0 Å². The zero-order valence-corrected chi connectivity index (χ0v) is 12.1. The molecule has 0 heterocycles. The van der Waals surface area contributed by atoms with Crippen molar-refractivity contribution in [3.63, 3.8) is 0 Å². The van der Waals surface area contributed by atoms with Crippen molar-refractivity contribution in [1.29, 1.82) is 0 Å². The summed E-state index contributed by atoms with van der Waals surface area (Å²) in [6.07, 6.45) is 6.58. The Morgan fingerprint density at radius 3 is 2.32 bits per heavy atom. The van der Waals surface area contributed by atoms with Gasteiger partial charge in [0.15, 0.2) is 0 Å². The quantitative estimate of drug-likeness (QED) is 0.848. The molecule has 3 heteroatoms. The summed E-state index contributed by atoms with van der Waals surface area (Å²) in [6, 6.07) is 5.44. The van der Waals surface area contributed by atoms with E-state index in [1.165, 1.54) is 32.8 Å². The second-order valence-corrected chi connectivity index (χ2v) is 5.16. The van der Waals surface area contributed by atoms with Crippen LogP contribution in [0.3, 0.4) is 0 Å². The van der Waals surface area contributed by atoms with Crippen molar-refractivity contribution in [3.8, 4) is 5.75 Å². The molecule has 1 aromatic carbocycles. The molecule has 1 N–H and O–H groups in total. The highest BCUT2D eigenvalue weighted by atomic mass is 16.5. The zero-order chi connectivity index (χ0) is 14.3. The van der Waals surface area contributed by atoms with Crippen LogP contribution in [-0.2, 0) is 16.0 Å². The molecule has 0 aromatic heterocycles. The summed E-state index contributed by atoms with van der Waals surface area (Å²) < 4.78 is 4.64.